The third-order valence-electron chi connectivity index (χ3n) is 1.79. The standard InChI is InChI=1S/C8H10F3N3O2/c1-15-5-3-14-7(16-8(9,10)11)6(13)4(5)2-12/h3H,2,12-13H2,1H3. The Hall–Kier alpha value is -1.70. The zero-order valence-electron chi connectivity index (χ0n) is 8.34. The lowest BCUT2D eigenvalue weighted by atomic mass is 10.2. The molecule has 0 spiro atoms. The number of nitrogens with two attached hydrogens (primary N) is 2. The van der Waals surface area contributed by atoms with Gasteiger partial charge in [-0.25, -0.2) is 4.98 Å². The molecule has 0 amide bonds. The number of nitrogens with zero attached hydrogens (tertiary/aromatic N) is 1. The van der Waals surface area contributed by atoms with Crippen molar-refractivity contribution in [3.05, 3.63) is 11.8 Å². The molecule has 0 aliphatic rings. The van der Waals surface area contributed by atoms with Gasteiger partial charge in [0.15, 0.2) is 0 Å². The van der Waals surface area contributed by atoms with Gasteiger partial charge in [0.25, 0.3) is 0 Å². The molecule has 0 aliphatic heterocycles. The molecular weight excluding hydrogens is 227 g/mol. The van der Waals surface area contributed by atoms with Gasteiger partial charge in [-0.05, 0) is 0 Å². The summed E-state index contributed by atoms with van der Waals surface area (Å²) in [4.78, 5) is 3.40. The molecule has 1 rings (SSSR count). The van der Waals surface area contributed by atoms with Crippen molar-refractivity contribution in [2.45, 2.75) is 12.9 Å². The van der Waals surface area contributed by atoms with Gasteiger partial charge in [0.2, 0.25) is 5.88 Å². The van der Waals surface area contributed by atoms with Gasteiger partial charge < -0.3 is 20.9 Å². The molecule has 0 atom stereocenters. The summed E-state index contributed by atoms with van der Waals surface area (Å²) in [5.74, 6) is -0.511. The van der Waals surface area contributed by atoms with Crippen LogP contribution in [-0.4, -0.2) is 18.5 Å². The molecule has 90 valence electrons. The van der Waals surface area contributed by atoms with Crippen LogP contribution >= 0.6 is 0 Å². The van der Waals surface area contributed by atoms with Crippen LogP contribution in [0.5, 0.6) is 11.6 Å². The van der Waals surface area contributed by atoms with E-state index in [1.54, 1.807) is 0 Å². The fraction of sp³-hybridized carbons (Fsp3) is 0.375. The molecule has 16 heavy (non-hydrogen) atoms. The van der Waals surface area contributed by atoms with Crippen molar-refractivity contribution in [1.82, 2.24) is 4.98 Å². The van der Waals surface area contributed by atoms with E-state index >= 15 is 0 Å². The van der Waals surface area contributed by atoms with E-state index in [9.17, 15) is 13.2 Å². The van der Waals surface area contributed by atoms with E-state index in [4.69, 9.17) is 16.2 Å². The van der Waals surface area contributed by atoms with Crippen LogP contribution in [0.4, 0.5) is 18.9 Å². The summed E-state index contributed by atoms with van der Waals surface area (Å²) in [7, 11) is 1.33. The molecule has 8 heteroatoms. The van der Waals surface area contributed by atoms with Gasteiger partial charge in [-0.15, -0.1) is 13.2 Å². The lowest BCUT2D eigenvalue weighted by Gasteiger charge is -2.14. The minimum absolute atomic E-state index is 0.0776. The fourth-order valence-corrected chi connectivity index (χ4v) is 1.10. The van der Waals surface area contributed by atoms with Gasteiger partial charge in [-0.2, -0.15) is 0 Å². The minimum atomic E-state index is -4.85. The van der Waals surface area contributed by atoms with E-state index in [0.717, 1.165) is 6.20 Å². The van der Waals surface area contributed by atoms with E-state index in [1.165, 1.54) is 7.11 Å². The van der Waals surface area contributed by atoms with Crippen LogP contribution < -0.4 is 20.9 Å². The minimum Gasteiger partial charge on any atom is -0.495 e. The zero-order chi connectivity index (χ0) is 12.3. The smallest absolute Gasteiger partial charge is 0.495 e. The molecular formula is C8H10F3N3O2. The number of hydrogen-bond acceptors (Lipinski definition) is 5. The van der Waals surface area contributed by atoms with E-state index < -0.39 is 12.2 Å². The van der Waals surface area contributed by atoms with Gasteiger partial charge in [0.05, 0.1) is 13.3 Å². The number of alkyl halides is 3. The second kappa shape index (κ2) is 4.44. The Labute approximate surface area is 89.1 Å². The van der Waals surface area contributed by atoms with E-state index in [2.05, 4.69) is 9.72 Å². The van der Waals surface area contributed by atoms with Crippen LogP contribution in [-0.2, 0) is 6.54 Å². The average Bonchev–Trinajstić information content (AvgIpc) is 2.19. The molecule has 0 aliphatic carbocycles. The van der Waals surface area contributed by atoms with Crippen LogP contribution in [0.25, 0.3) is 0 Å². The molecule has 0 bridgehead atoms. The highest BCUT2D eigenvalue weighted by Gasteiger charge is 2.33. The number of halogens is 3. The number of methoxy groups -OCH3 is 1. The SMILES string of the molecule is COc1cnc(OC(F)(F)F)c(N)c1CN. The maximum Gasteiger partial charge on any atom is 0.574 e. The topological polar surface area (TPSA) is 83.4 Å². The molecule has 0 saturated carbocycles. The molecule has 1 aromatic rings. The third-order valence-corrected chi connectivity index (χ3v) is 1.79. The maximum absolute atomic E-state index is 12.0. The Bertz CT molecular complexity index is 382. The number of anilines is 1. The average molecular weight is 237 g/mol. The highest BCUT2D eigenvalue weighted by atomic mass is 19.4. The lowest BCUT2D eigenvalue weighted by molar-refractivity contribution is -0.275. The van der Waals surface area contributed by atoms with Gasteiger partial charge in [-0.1, -0.05) is 0 Å². The predicted octanol–water partition coefficient (Wildman–Crippen LogP) is 1.03. The number of pyridine rings is 1. The van der Waals surface area contributed by atoms with Crippen LogP contribution in [0.3, 0.4) is 0 Å². The van der Waals surface area contributed by atoms with Crippen LogP contribution in [0.1, 0.15) is 5.56 Å². The van der Waals surface area contributed by atoms with Crippen molar-refractivity contribution in [2.75, 3.05) is 12.8 Å². The first-order valence-corrected chi connectivity index (χ1v) is 4.16. The fourth-order valence-electron chi connectivity index (χ4n) is 1.10. The molecule has 4 N–H and O–H groups in total. The Morgan fingerprint density at radius 3 is 2.50 bits per heavy atom. The van der Waals surface area contributed by atoms with Gasteiger partial charge in [0.1, 0.15) is 11.4 Å². The number of nitrogen functional groups attached to an aromatic ring is 1. The monoisotopic (exact) mass is 237 g/mol. The Morgan fingerprint density at radius 2 is 2.06 bits per heavy atom. The van der Waals surface area contributed by atoms with E-state index in [1.807, 2.05) is 0 Å². The summed E-state index contributed by atoms with van der Waals surface area (Å²) in [6, 6.07) is 0. The highest BCUT2D eigenvalue weighted by Crippen LogP contribution is 2.33. The highest BCUT2D eigenvalue weighted by molar-refractivity contribution is 5.59. The van der Waals surface area contributed by atoms with Gasteiger partial charge in [-0.3, -0.25) is 0 Å². The second-order valence-electron chi connectivity index (χ2n) is 2.78. The van der Waals surface area contributed by atoms with Crippen molar-refractivity contribution in [3.8, 4) is 11.6 Å². The predicted molar refractivity (Wildman–Crippen MR) is 49.8 cm³/mol. The quantitative estimate of drug-likeness (QED) is 0.820. The third kappa shape index (κ3) is 2.66. The summed E-state index contributed by atoms with van der Waals surface area (Å²) in [6.45, 7) is -0.0776. The molecule has 1 heterocycles. The molecule has 0 fully saturated rings. The maximum atomic E-state index is 12.0. The molecule has 0 unspecified atom stereocenters. The van der Waals surface area contributed by atoms with E-state index in [-0.39, 0.29) is 23.5 Å². The number of ether oxygens (including phenoxy) is 2. The summed E-state index contributed by atoms with van der Waals surface area (Å²) in [5.41, 5.74) is 10.7. The van der Waals surface area contributed by atoms with Crippen LogP contribution in [0.2, 0.25) is 0 Å². The first-order valence-electron chi connectivity index (χ1n) is 4.16. The van der Waals surface area contributed by atoms with Crippen molar-refractivity contribution >= 4 is 5.69 Å². The molecule has 0 saturated heterocycles. The molecule has 0 radical (unpaired) electrons. The molecule has 0 aromatic carbocycles. The number of hydrogen-bond donors (Lipinski definition) is 2. The summed E-state index contributed by atoms with van der Waals surface area (Å²) >= 11 is 0. The summed E-state index contributed by atoms with van der Waals surface area (Å²) < 4.78 is 44.3. The second-order valence-corrected chi connectivity index (χ2v) is 2.78. The van der Waals surface area contributed by atoms with Crippen molar-refractivity contribution < 1.29 is 22.6 Å². The first kappa shape index (κ1) is 12.4. The number of rotatable bonds is 3. The summed E-state index contributed by atoms with van der Waals surface area (Å²) in [5, 5.41) is 0. The van der Waals surface area contributed by atoms with Crippen molar-refractivity contribution in [2.24, 2.45) is 5.73 Å². The molecule has 5 nitrogen and oxygen atoms in total. The lowest BCUT2D eigenvalue weighted by Crippen LogP contribution is -2.20. The van der Waals surface area contributed by atoms with Crippen LogP contribution in [0.15, 0.2) is 6.20 Å². The van der Waals surface area contributed by atoms with Gasteiger partial charge >= 0.3 is 6.36 Å². The largest absolute Gasteiger partial charge is 0.574 e. The van der Waals surface area contributed by atoms with Crippen LogP contribution in [0, 0.1) is 0 Å². The molecule has 1 aromatic heterocycles. The Balaban J connectivity index is 3.14. The van der Waals surface area contributed by atoms with Gasteiger partial charge in [0, 0.05) is 12.1 Å². The Kier molecular flexibility index (Phi) is 3.43. The van der Waals surface area contributed by atoms with E-state index in [0.29, 0.717) is 0 Å². The zero-order valence-corrected chi connectivity index (χ0v) is 8.34. The normalized spacial score (nSPS) is 11.3. The first-order chi connectivity index (χ1) is 7.39. The van der Waals surface area contributed by atoms with Crippen molar-refractivity contribution in [1.29, 1.82) is 0 Å². The Morgan fingerprint density at radius 1 is 1.44 bits per heavy atom. The summed E-state index contributed by atoms with van der Waals surface area (Å²) in [6.07, 6.45) is -3.78. The van der Waals surface area contributed by atoms with Crippen molar-refractivity contribution in [3.63, 3.8) is 0 Å². The number of aromatic nitrogens is 1.